The Hall–Kier alpha value is -2.76. The summed E-state index contributed by atoms with van der Waals surface area (Å²) in [5.41, 5.74) is 2.04. The van der Waals surface area contributed by atoms with Crippen LogP contribution in [0.5, 0.6) is 0 Å². The van der Waals surface area contributed by atoms with Gasteiger partial charge in [0.05, 0.1) is 17.3 Å². The van der Waals surface area contributed by atoms with Crippen molar-refractivity contribution in [1.82, 2.24) is 14.9 Å². The van der Waals surface area contributed by atoms with E-state index in [1.54, 1.807) is 18.5 Å². The Kier molecular flexibility index (Phi) is 4.76. The van der Waals surface area contributed by atoms with E-state index in [0.717, 1.165) is 24.9 Å². The van der Waals surface area contributed by atoms with E-state index in [4.69, 9.17) is 5.11 Å². The zero-order valence-electron chi connectivity index (χ0n) is 15.3. The summed E-state index contributed by atoms with van der Waals surface area (Å²) in [6.45, 7) is 6.57. The second-order valence-electron chi connectivity index (χ2n) is 7.65. The second kappa shape index (κ2) is 6.86. The average Bonchev–Trinajstić information content (AvgIpc) is 3.10. The molecule has 0 spiro atoms. The highest BCUT2D eigenvalue weighted by Crippen LogP contribution is 2.36. The number of aromatic carboxylic acids is 1. The van der Waals surface area contributed by atoms with Crippen molar-refractivity contribution >= 4 is 11.9 Å². The Morgan fingerprint density at radius 1 is 1.23 bits per heavy atom. The van der Waals surface area contributed by atoms with E-state index in [0.29, 0.717) is 11.3 Å². The van der Waals surface area contributed by atoms with Gasteiger partial charge in [-0.05, 0) is 36.6 Å². The second-order valence-corrected chi connectivity index (χ2v) is 7.65. The quantitative estimate of drug-likeness (QED) is 0.912. The molecule has 0 saturated carbocycles. The van der Waals surface area contributed by atoms with Crippen molar-refractivity contribution < 1.29 is 14.7 Å². The van der Waals surface area contributed by atoms with Crippen LogP contribution in [0.3, 0.4) is 0 Å². The van der Waals surface area contributed by atoms with Crippen LogP contribution in [0, 0.1) is 5.41 Å². The Balaban J connectivity index is 1.93. The smallest absolute Gasteiger partial charge is 0.337 e. The predicted octanol–water partition coefficient (Wildman–Crippen LogP) is 3.55. The van der Waals surface area contributed by atoms with Gasteiger partial charge in [-0.15, -0.1) is 0 Å². The lowest BCUT2D eigenvalue weighted by atomic mass is 9.93. The van der Waals surface area contributed by atoms with Crippen molar-refractivity contribution in [1.29, 1.82) is 0 Å². The van der Waals surface area contributed by atoms with E-state index in [1.807, 2.05) is 37.8 Å². The molecule has 0 radical (unpaired) electrons. The van der Waals surface area contributed by atoms with Crippen LogP contribution in [-0.4, -0.2) is 38.4 Å². The monoisotopic (exact) mass is 353 g/mol. The van der Waals surface area contributed by atoms with Gasteiger partial charge < -0.3 is 10.0 Å². The number of pyridine rings is 2. The fourth-order valence-electron chi connectivity index (χ4n) is 3.30. The Labute approximate surface area is 152 Å². The largest absolute Gasteiger partial charge is 0.478 e. The summed E-state index contributed by atoms with van der Waals surface area (Å²) < 4.78 is 0. The lowest BCUT2D eigenvalue weighted by Gasteiger charge is -2.31. The minimum atomic E-state index is -1.02. The van der Waals surface area contributed by atoms with E-state index in [9.17, 15) is 9.59 Å². The molecule has 136 valence electrons. The number of nitrogens with zero attached hydrogens (tertiary/aromatic N) is 3. The maximum Gasteiger partial charge on any atom is 0.337 e. The summed E-state index contributed by atoms with van der Waals surface area (Å²) >= 11 is 0. The van der Waals surface area contributed by atoms with Crippen LogP contribution in [0.1, 0.15) is 55.6 Å². The molecule has 1 saturated heterocycles. The topological polar surface area (TPSA) is 83.4 Å². The normalized spacial score (nSPS) is 17.3. The molecule has 6 nitrogen and oxygen atoms in total. The number of amides is 1. The van der Waals surface area contributed by atoms with E-state index < -0.39 is 11.4 Å². The first-order chi connectivity index (χ1) is 12.3. The van der Waals surface area contributed by atoms with Crippen LogP contribution in [0.15, 0.2) is 36.8 Å². The number of likely N-dealkylation sites (tertiary alicyclic amines) is 1. The van der Waals surface area contributed by atoms with Gasteiger partial charge in [0.2, 0.25) is 5.91 Å². The third-order valence-corrected chi connectivity index (χ3v) is 4.60. The number of rotatable bonds is 3. The van der Waals surface area contributed by atoms with Gasteiger partial charge in [0.25, 0.3) is 0 Å². The van der Waals surface area contributed by atoms with Crippen molar-refractivity contribution in [2.24, 2.45) is 5.41 Å². The van der Waals surface area contributed by atoms with Gasteiger partial charge in [0.15, 0.2) is 0 Å². The van der Waals surface area contributed by atoms with Crippen LogP contribution in [0.25, 0.3) is 11.3 Å². The molecule has 1 amide bonds. The number of carboxylic acids is 1. The molecule has 3 heterocycles. The van der Waals surface area contributed by atoms with Crippen LogP contribution in [0.4, 0.5) is 0 Å². The van der Waals surface area contributed by atoms with Crippen LogP contribution in [-0.2, 0) is 4.79 Å². The highest BCUT2D eigenvalue weighted by molar-refractivity contribution is 5.88. The average molecular weight is 353 g/mol. The molecule has 6 heteroatoms. The number of hydrogen-bond donors (Lipinski definition) is 1. The predicted molar refractivity (Wildman–Crippen MR) is 97.6 cm³/mol. The molecule has 0 aromatic carbocycles. The molecule has 2 aromatic heterocycles. The molecular weight excluding hydrogens is 330 g/mol. The minimum Gasteiger partial charge on any atom is -0.478 e. The fourth-order valence-corrected chi connectivity index (χ4v) is 3.30. The van der Waals surface area contributed by atoms with Crippen molar-refractivity contribution in [3.8, 4) is 11.3 Å². The lowest BCUT2D eigenvalue weighted by Crippen LogP contribution is -2.39. The summed E-state index contributed by atoms with van der Waals surface area (Å²) in [4.78, 5) is 34.2. The Morgan fingerprint density at radius 3 is 2.69 bits per heavy atom. The third-order valence-electron chi connectivity index (χ3n) is 4.60. The molecule has 26 heavy (non-hydrogen) atoms. The van der Waals surface area contributed by atoms with Crippen molar-refractivity contribution in [3.63, 3.8) is 0 Å². The van der Waals surface area contributed by atoms with E-state index in [-0.39, 0.29) is 17.5 Å². The van der Waals surface area contributed by atoms with E-state index in [2.05, 4.69) is 9.97 Å². The maximum atomic E-state index is 12.8. The molecule has 1 aliphatic heterocycles. The zero-order valence-corrected chi connectivity index (χ0v) is 15.3. The zero-order chi connectivity index (χ0) is 18.9. The number of aromatic nitrogens is 2. The van der Waals surface area contributed by atoms with Gasteiger partial charge in [-0.1, -0.05) is 20.8 Å². The molecule has 0 bridgehead atoms. The van der Waals surface area contributed by atoms with Gasteiger partial charge in [-0.2, -0.15) is 0 Å². The van der Waals surface area contributed by atoms with Crippen molar-refractivity contribution in [3.05, 3.63) is 47.9 Å². The minimum absolute atomic E-state index is 0.0269. The lowest BCUT2D eigenvalue weighted by molar-refractivity contribution is -0.140. The van der Waals surface area contributed by atoms with Crippen molar-refractivity contribution in [2.75, 3.05) is 6.54 Å². The molecule has 1 fully saturated rings. The fraction of sp³-hybridized carbons (Fsp3) is 0.400. The molecular formula is C20H23N3O3. The molecule has 3 rings (SSSR count). The van der Waals surface area contributed by atoms with Crippen molar-refractivity contribution in [2.45, 2.75) is 39.7 Å². The number of carbonyl (C=O) groups excluding carboxylic acids is 1. The van der Waals surface area contributed by atoms with Gasteiger partial charge in [0, 0.05) is 36.1 Å². The summed E-state index contributed by atoms with van der Waals surface area (Å²) in [6.07, 6.45) is 6.51. The number of carboxylic acid groups (broad SMARTS) is 1. The van der Waals surface area contributed by atoms with Crippen LogP contribution in [0.2, 0.25) is 0 Å². The molecule has 1 aliphatic rings. The molecule has 0 aliphatic carbocycles. The number of hydrogen-bond acceptors (Lipinski definition) is 4. The third kappa shape index (κ3) is 3.59. The van der Waals surface area contributed by atoms with Gasteiger partial charge in [-0.3, -0.25) is 14.8 Å². The van der Waals surface area contributed by atoms with Crippen LogP contribution < -0.4 is 0 Å². The first-order valence-corrected chi connectivity index (χ1v) is 8.73. The highest BCUT2D eigenvalue weighted by Gasteiger charge is 2.35. The van der Waals surface area contributed by atoms with Gasteiger partial charge >= 0.3 is 5.97 Å². The first kappa shape index (κ1) is 18.0. The van der Waals surface area contributed by atoms with Crippen LogP contribution >= 0.6 is 0 Å². The Bertz CT molecular complexity index is 842. The number of carbonyl (C=O) groups is 2. The highest BCUT2D eigenvalue weighted by atomic mass is 16.4. The molecule has 1 N–H and O–H groups in total. The summed E-state index contributed by atoms with van der Waals surface area (Å²) in [7, 11) is 0. The van der Waals surface area contributed by atoms with Gasteiger partial charge in [0.1, 0.15) is 0 Å². The first-order valence-electron chi connectivity index (χ1n) is 8.73. The summed E-state index contributed by atoms with van der Waals surface area (Å²) in [5, 5.41) is 9.15. The SMILES string of the molecule is CC(C)(C)C(=O)N1CCC[C@@H]1c1ccnc(-c2cncc(C(=O)O)c2)c1. The summed E-state index contributed by atoms with van der Waals surface area (Å²) in [5.74, 6) is -0.874. The molecule has 2 aromatic rings. The molecule has 1 atom stereocenters. The standard InChI is InChI=1S/C20H23N3O3/c1-20(2,3)19(26)23-8-4-5-17(23)13-6-7-22-16(10-13)14-9-15(18(24)25)12-21-11-14/h6-7,9-12,17H,4-5,8H2,1-3H3,(H,24,25)/t17-/m1/s1. The van der Waals surface area contributed by atoms with E-state index >= 15 is 0 Å². The Morgan fingerprint density at radius 2 is 2.00 bits per heavy atom. The molecule has 0 unspecified atom stereocenters. The van der Waals surface area contributed by atoms with E-state index in [1.165, 1.54) is 6.20 Å². The maximum absolute atomic E-state index is 12.8. The summed E-state index contributed by atoms with van der Waals surface area (Å²) in [6, 6.07) is 5.45. The van der Waals surface area contributed by atoms with Gasteiger partial charge in [-0.25, -0.2) is 4.79 Å².